The van der Waals surface area contributed by atoms with Gasteiger partial charge in [-0.1, -0.05) is 6.08 Å². The van der Waals surface area contributed by atoms with Gasteiger partial charge in [-0.2, -0.15) is 0 Å². The lowest BCUT2D eigenvalue weighted by atomic mass is 10.1. The fourth-order valence-electron chi connectivity index (χ4n) is 2.21. The minimum absolute atomic E-state index is 0.0494. The van der Waals surface area contributed by atoms with E-state index < -0.39 is 0 Å². The van der Waals surface area contributed by atoms with Crippen molar-refractivity contribution in [3.63, 3.8) is 0 Å². The van der Waals surface area contributed by atoms with E-state index in [0.717, 1.165) is 11.4 Å². The van der Waals surface area contributed by atoms with Gasteiger partial charge in [-0.15, -0.1) is 0 Å². The smallest absolute Gasteiger partial charge is 0.258 e. The van der Waals surface area contributed by atoms with Crippen LogP contribution in [0.4, 0.5) is 0 Å². The maximum atomic E-state index is 12.1. The Bertz CT molecular complexity index is 725. The van der Waals surface area contributed by atoms with Gasteiger partial charge in [0, 0.05) is 31.2 Å². The van der Waals surface area contributed by atoms with E-state index in [-0.39, 0.29) is 11.9 Å². The Kier molecular flexibility index (Phi) is 4.00. The van der Waals surface area contributed by atoms with Gasteiger partial charge in [-0.25, -0.2) is 9.97 Å². The quantitative estimate of drug-likeness (QED) is 0.931. The molecule has 0 saturated heterocycles. The third kappa shape index (κ3) is 3.22. The van der Waals surface area contributed by atoms with Crippen LogP contribution < -0.4 is 5.32 Å². The number of amidine groups is 1. The Morgan fingerprint density at radius 1 is 1.23 bits per heavy atom. The maximum absolute atomic E-state index is 12.1. The average molecular weight is 293 g/mol. The van der Waals surface area contributed by atoms with Crippen molar-refractivity contribution < 1.29 is 4.79 Å². The van der Waals surface area contributed by atoms with Crippen LogP contribution in [0.2, 0.25) is 0 Å². The number of nitrogens with one attached hydrogen (secondary N) is 1. The van der Waals surface area contributed by atoms with Crippen LogP contribution in [-0.2, 0) is 6.42 Å². The molecule has 1 unspecified atom stereocenters. The number of pyridine rings is 1. The summed E-state index contributed by atoms with van der Waals surface area (Å²) in [5.41, 5.74) is 1.45. The third-order valence-electron chi connectivity index (χ3n) is 3.28. The van der Waals surface area contributed by atoms with Crippen LogP contribution in [0.3, 0.4) is 0 Å². The Hall–Kier alpha value is -2.89. The van der Waals surface area contributed by atoms with Gasteiger partial charge in [0.1, 0.15) is 11.7 Å². The van der Waals surface area contributed by atoms with E-state index in [9.17, 15) is 4.79 Å². The van der Waals surface area contributed by atoms with E-state index in [0.29, 0.717) is 17.8 Å². The molecule has 22 heavy (non-hydrogen) atoms. The molecule has 0 radical (unpaired) electrons. The minimum atomic E-state index is -0.212. The first-order chi connectivity index (χ1) is 10.7. The molecule has 0 saturated carbocycles. The van der Waals surface area contributed by atoms with Crippen LogP contribution in [0.5, 0.6) is 0 Å². The second kappa shape index (κ2) is 6.26. The molecule has 1 atom stereocenters. The zero-order valence-corrected chi connectivity index (χ0v) is 12.1. The van der Waals surface area contributed by atoms with Crippen molar-refractivity contribution >= 4 is 11.7 Å². The number of nitrogens with zero attached hydrogens (tertiary/aromatic N) is 4. The molecule has 2 aromatic heterocycles. The van der Waals surface area contributed by atoms with Crippen molar-refractivity contribution in [2.24, 2.45) is 4.99 Å². The highest BCUT2D eigenvalue weighted by atomic mass is 16.1. The highest BCUT2D eigenvalue weighted by Crippen LogP contribution is 2.14. The Labute approximate surface area is 128 Å². The largest absolute Gasteiger partial charge is 0.307 e. The fraction of sp³-hybridized carbons (Fsp3) is 0.188. The zero-order chi connectivity index (χ0) is 15.4. The van der Waals surface area contributed by atoms with Crippen molar-refractivity contribution in [1.29, 1.82) is 0 Å². The van der Waals surface area contributed by atoms with Crippen LogP contribution >= 0.6 is 0 Å². The molecule has 6 nitrogen and oxygen atoms in total. The number of amides is 1. The highest BCUT2D eigenvalue weighted by Gasteiger charge is 2.19. The predicted octanol–water partition coefficient (Wildman–Crippen LogP) is 1.57. The first-order valence-electron chi connectivity index (χ1n) is 6.96. The lowest BCUT2D eigenvalue weighted by Crippen LogP contribution is -2.30. The van der Waals surface area contributed by atoms with E-state index in [1.54, 1.807) is 36.8 Å². The summed E-state index contributed by atoms with van der Waals surface area (Å²) in [5, 5.41) is 2.82. The molecule has 0 spiro atoms. The summed E-state index contributed by atoms with van der Waals surface area (Å²) in [6, 6.07) is 5.17. The number of aliphatic imine (C=N–C) groups is 1. The van der Waals surface area contributed by atoms with Crippen LogP contribution in [0.25, 0.3) is 0 Å². The summed E-state index contributed by atoms with van der Waals surface area (Å²) in [6.07, 6.45) is 9.20. The zero-order valence-electron chi connectivity index (χ0n) is 12.1. The van der Waals surface area contributed by atoms with Gasteiger partial charge in [0.25, 0.3) is 5.91 Å². The lowest BCUT2D eigenvalue weighted by Gasteiger charge is -2.06. The first-order valence-corrected chi connectivity index (χ1v) is 6.96. The molecule has 0 aliphatic carbocycles. The number of hydrogen-bond donors (Lipinski definition) is 1. The molecule has 0 aromatic carbocycles. The molecule has 3 rings (SSSR count). The molecule has 6 heteroatoms. The van der Waals surface area contributed by atoms with Gasteiger partial charge >= 0.3 is 0 Å². The van der Waals surface area contributed by atoms with Gasteiger partial charge in [0.2, 0.25) is 0 Å². The standard InChI is InChI=1S/C16H15N5O/c1-11-8-13(9-14-18-6-3-7-19-14)20-15(11)21-16(22)12-4-2-5-17-10-12/h2-8,10,13H,9H2,1H3,(H,20,21,22). The van der Waals surface area contributed by atoms with Gasteiger partial charge in [0.05, 0.1) is 11.6 Å². The summed E-state index contributed by atoms with van der Waals surface area (Å²) in [5.74, 6) is 1.12. The summed E-state index contributed by atoms with van der Waals surface area (Å²) in [6.45, 7) is 1.92. The summed E-state index contributed by atoms with van der Waals surface area (Å²) >= 11 is 0. The molecule has 2 aromatic rings. The molecule has 0 bridgehead atoms. The third-order valence-corrected chi connectivity index (χ3v) is 3.28. The van der Waals surface area contributed by atoms with Crippen molar-refractivity contribution in [2.75, 3.05) is 0 Å². The molecule has 1 aliphatic rings. The number of carbonyl (C=O) groups is 1. The van der Waals surface area contributed by atoms with Crippen molar-refractivity contribution in [3.8, 4) is 0 Å². The van der Waals surface area contributed by atoms with Gasteiger partial charge in [0.15, 0.2) is 0 Å². The van der Waals surface area contributed by atoms with E-state index in [4.69, 9.17) is 0 Å². The Morgan fingerprint density at radius 3 is 2.77 bits per heavy atom. The molecule has 3 heterocycles. The van der Waals surface area contributed by atoms with E-state index in [1.165, 1.54) is 6.20 Å². The summed E-state index contributed by atoms with van der Waals surface area (Å²) in [7, 11) is 0. The molecule has 0 fully saturated rings. The van der Waals surface area contributed by atoms with E-state index >= 15 is 0 Å². The highest BCUT2D eigenvalue weighted by molar-refractivity contribution is 6.13. The predicted molar refractivity (Wildman–Crippen MR) is 82.4 cm³/mol. The molecular formula is C16H15N5O. The maximum Gasteiger partial charge on any atom is 0.258 e. The molecule has 1 amide bonds. The van der Waals surface area contributed by atoms with Crippen LogP contribution in [0.15, 0.2) is 59.6 Å². The summed E-state index contributed by atoms with van der Waals surface area (Å²) in [4.78, 5) is 29.0. The van der Waals surface area contributed by atoms with E-state index in [1.807, 2.05) is 13.0 Å². The molecule has 1 aliphatic heterocycles. The second-order valence-electron chi connectivity index (χ2n) is 4.96. The van der Waals surface area contributed by atoms with E-state index in [2.05, 4.69) is 25.3 Å². The monoisotopic (exact) mass is 293 g/mol. The number of hydrogen-bond acceptors (Lipinski definition) is 5. The number of aromatic nitrogens is 3. The summed E-state index contributed by atoms with van der Waals surface area (Å²) < 4.78 is 0. The topological polar surface area (TPSA) is 80.1 Å². The SMILES string of the molecule is CC1=CC(Cc2ncccn2)N=C1NC(=O)c1cccnc1. The molecule has 110 valence electrons. The Balaban J connectivity index is 1.68. The lowest BCUT2D eigenvalue weighted by molar-refractivity contribution is 0.0976. The van der Waals surface area contributed by atoms with Gasteiger partial charge in [-0.05, 0) is 30.7 Å². The van der Waals surface area contributed by atoms with Crippen LogP contribution in [-0.4, -0.2) is 32.7 Å². The van der Waals surface area contributed by atoms with Gasteiger partial charge < -0.3 is 5.32 Å². The first kappa shape index (κ1) is 14.1. The fourth-order valence-corrected chi connectivity index (χ4v) is 2.21. The Morgan fingerprint density at radius 2 is 2.05 bits per heavy atom. The van der Waals surface area contributed by atoms with Crippen LogP contribution in [0, 0.1) is 0 Å². The minimum Gasteiger partial charge on any atom is -0.307 e. The average Bonchev–Trinajstić information content (AvgIpc) is 2.88. The number of carbonyl (C=O) groups excluding carboxylic acids is 1. The van der Waals surface area contributed by atoms with Crippen molar-refractivity contribution in [2.45, 2.75) is 19.4 Å². The van der Waals surface area contributed by atoms with Crippen molar-refractivity contribution in [1.82, 2.24) is 20.3 Å². The molecular weight excluding hydrogens is 278 g/mol. The van der Waals surface area contributed by atoms with Crippen LogP contribution in [0.1, 0.15) is 23.1 Å². The van der Waals surface area contributed by atoms with Crippen molar-refractivity contribution in [3.05, 3.63) is 66.0 Å². The number of rotatable bonds is 3. The second-order valence-corrected chi connectivity index (χ2v) is 4.96. The molecule has 1 N–H and O–H groups in total. The normalized spacial score (nSPS) is 16.9. The van der Waals surface area contributed by atoms with Gasteiger partial charge in [-0.3, -0.25) is 14.8 Å².